The fraction of sp³-hybridized carbons (Fsp3) is 0.167. The molecule has 0 aromatic carbocycles. The first-order valence-electron chi connectivity index (χ1n) is 7.65. The van der Waals surface area contributed by atoms with E-state index in [4.69, 9.17) is 10.2 Å². The highest BCUT2D eigenvalue weighted by molar-refractivity contribution is 6.08. The lowest BCUT2D eigenvalue weighted by atomic mass is 10.1. The molecule has 0 aliphatic heterocycles. The van der Waals surface area contributed by atoms with Crippen molar-refractivity contribution in [1.82, 2.24) is 19.9 Å². The van der Waals surface area contributed by atoms with Gasteiger partial charge in [0.25, 0.3) is 0 Å². The molecular formula is C18H17N5O2. The topological polar surface area (TPSA) is 108 Å². The third-order valence-electron chi connectivity index (χ3n) is 3.49. The zero-order valence-electron chi connectivity index (χ0n) is 14.1. The van der Waals surface area contributed by atoms with Gasteiger partial charge in [0.1, 0.15) is 12.0 Å². The Morgan fingerprint density at radius 3 is 2.64 bits per heavy atom. The average molecular weight is 335 g/mol. The number of nitrogen functional groups attached to an aromatic ring is 1. The van der Waals surface area contributed by atoms with Crippen molar-refractivity contribution < 1.29 is 9.21 Å². The minimum absolute atomic E-state index is 0.0295. The lowest BCUT2D eigenvalue weighted by molar-refractivity contribution is 0.104. The van der Waals surface area contributed by atoms with E-state index in [1.54, 1.807) is 13.0 Å². The predicted molar refractivity (Wildman–Crippen MR) is 93.8 cm³/mol. The van der Waals surface area contributed by atoms with Crippen LogP contribution in [0.3, 0.4) is 0 Å². The second-order valence-corrected chi connectivity index (χ2v) is 5.64. The van der Waals surface area contributed by atoms with Crippen LogP contribution in [0.5, 0.6) is 0 Å². The predicted octanol–water partition coefficient (Wildman–Crippen LogP) is 2.93. The maximum absolute atomic E-state index is 12.4. The highest BCUT2D eigenvalue weighted by Gasteiger charge is 2.17. The lowest BCUT2D eigenvalue weighted by Crippen LogP contribution is -2.09. The second-order valence-electron chi connectivity index (χ2n) is 5.64. The van der Waals surface area contributed by atoms with E-state index in [1.807, 2.05) is 26.0 Å². The molecule has 3 aromatic heterocycles. The first-order valence-corrected chi connectivity index (χ1v) is 7.65. The third-order valence-corrected chi connectivity index (χ3v) is 3.49. The van der Waals surface area contributed by atoms with Gasteiger partial charge in [0.15, 0.2) is 11.5 Å². The van der Waals surface area contributed by atoms with Crippen molar-refractivity contribution in [3.63, 3.8) is 0 Å². The van der Waals surface area contributed by atoms with Gasteiger partial charge in [-0.05, 0) is 50.6 Å². The summed E-state index contributed by atoms with van der Waals surface area (Å²) < 4.78 is 5.21. The molecule has 0 amide bonds. The van der Waals surface area contributed by atoms with E-state index in [-0.39, 0.29) is 17.3 Å². The summed E-state index contributed by atoms with van der Waals surface area (Å²) >= 11 is 0. The Kier molecular flexibility index (Phi) is 4.38. The van der Waals surface area contributed by atoms with Crippen LogP contribution in [-0.2, 0) is 0 Å². The van der Waals surface area contributed by atoms with Crippen LogP contribution < -0.4 is 5.73 Å². The van der Waals surface area contributed by atoms with Crippen molar-refractivity contribution in [3.8, 4) is 11.6 Å². The molecule has 0 aliphatic rings. The van der Waals surface area contributed by atoms with Crippen LogP contribution in [-0.4, -0.2) is 25.7 Å². The summed E-state index contributed by atoms with van der Waals surface area (Å²) in [5.41, 5.74) is 9.58. The van der Waals surface area contributed by atoms with Gasteiger partial charge >= 0.3 is 0 Å². The Morgan fingerprint density at radius 1 is 1.16 bits per heavy atom. The van der Waals surface area contributed by atoms with E-state index < -0.39 is 0 Å². The van der Waals surface area contributed by atoms with Gasteiger partial charge < -0.3 is 10.2 Å². The number of ketones is 1. The summed E-state index contributed by atoms with van der Waals surface area (Å²) in [4.78, 5) is 29.3. The smallest absolute Gasteiger partial charge is 0.246 e. The number of hydrogen-bond acceptors (Lipinski definition) is 7. The van der Waals surface area contributed by atoms with E-state index in [0.29, 0.717) is 23.0 Å². The van der Waals surface area contributed by atoms with Crippen molar-refractivity contribution in [1.29, 1.82) is 0 Å². The van der Waals surface area contributed by atoms with Crippen molar-refractivity contribution >= 4 is 17.7 Å². The number of aryl methyl sites for hydroxylation is 3. The van der Waals surface area contributed by atoms with E-state index in [1.165, 1.54) is 18.5 Å². The number of carbonyl (C=O) groups excluding carboxylic acids is 1. The maximum Gasteiger partial charge on any atom is 0.246 e. The number of allylic oxidation sites excluding steroid dienone is 1. The third kappa shape index (κ3) is 3.60. The highest BCUT2D eigenvalue weighted by Crippen LogP contribution is 2.21. The first kappa shape index (κ1) is 16.5. The first-order chi connectivity index (χ1) is 11.9. The molecule has 0 aliphatic carbocycles. The molecule has 7 nitrogen and oxygen atoms in total. The van der Waals surface area contributed by atoms with Crippen molar-refractivity contribution in [2.75, 3.05) is 5.73 Å². The van der Waals surface area contributed by atoms with Crippen LogP contribution in [0.25, 0.3) is 17.7 Å². The largest absolute Gasteiger partial charge is 0.443 e. The van der Waals surface area contributed by atoms with Crippen LogP contribution in [0.2, 0.25) is 0 Å². The fourth-order valence-corrected chi connectivity index (χ4v) is 2.45. The summed E-state index contributed by atoms with van der Waals surface area (Å²) in [6, 6.07) is 3.86. The number of pyridine rings is 1. The number of nitrogens with two attached hydrogens (primary N) is 1. The Bertz CT molecular complexity index is 942. The molecule has 0 radical (unpaired) electrons. The van der Waals surface area contributed by atoms with Crippen molar-refractivity contribution in [3.05, 3.63) is 59.0 Å². The molecule has 0 bridgehead atoms. The summed E-state index contributed by atoms with van der Waals surface area (Å²) in [6.45, 7) is 5.60. The van der Waals surface area contributed by atoms with Crippen molar-refractivity contribution in [2.45, 2.75) is 20.8 Å². The number of rotatable bonds is 4. The molecule has 0 atom stereocenters. The summed E-state index contributed by atoms with van der Waals surface area (Å²) in [5.74, 6) is 0.000484. The van der Waals surface area contributed by atoms with E-state index in [9.17, 15) is 4.79 Å². The number of hydrogen-bond donors (Lipinski definition) is 1. The molecule has 126 valence electrons. The average Bonchev–Trinajstić information content (AvgIpc) is 3.07. The van der Waals surface area contributed by atoms with Gasteiger partial charge in [0.05, 0.1) is 17.6 Å². The molecular weight excluding hydrogens is 318 g/mol. The number of carbonyl (C=O) groups is 1. The van der Waals surface area contributed by atoms with E-state index in [0.717, 1.165) is 11.3 Å². The molecule has 7 heteroatoms. The number of aromatic nitrogens is 4. The summed E-state index contributed by atoms with van der Waals surface area (Å²) in [6.07, 6.45) is 5.98. The van der Waals surface area contributed by atoms with Gasteiger partial charge in [-0.3, -0.25) is 9.78 Å². The molecule has 25 heavy (non-hydrogen) atoms. The Morgan fingerprint density at radius 2 is 1.96 bits per heavy atom. The molecule has 3 aromatic rings. The minimum Gasteiger partial charge on any atom is -0.443 e. The number of oxazole rings is 1. The maximum atomic E-state index is 12.4. The van der Waals surface area contributed by atoms with Gasteiger partial charge in [0.2, 0.25) is 11.7 Å². The van der Waals surface area contributed by atoms with E-state index >= 15 is 0 Å². The second kappa shape index (κ2) is 6.64. The van der Waals surface area contributed by atoms with Crippen LogP contribution in [0.15, 0.2) is 35.1 Å². The quantitative estimate of drug-likeness (QED) is 0.577. The van der Waals surface area contributed by atoms with Gasteiger partial charge in [-0.15, -0.1) is 0 Å². The van der Waals surface area contributed by atoms with Gasteiger partial charge in [-0.25, -0.2) is 15.0 Å². The van der Waals surface area contributed by atoms with Crippen LogP contribution in [0.1, 0.15) is 33.1 Å². The zero-order valence-corrected chi connectivity index (χ0v) is 14.1. The van der Waals surface area contributed by atoms with Gasteiger partial charge in [0, 0.05) is 5.69 Å². The Hall–Kier alpha value is -3.35. The summed E-state index contributed by atoms with van der Waals surface area (Å²) in [7, 11) is 0. The number of nitrogens with zero attached hydrogens (tertiary/aromatic N) is 4. The summed E-state index contributed by atoms with van der Waals surface area (Å²) in [5, 5.41) is 0. The molecule has 0 unspecified atom stereocenters. The Balaban J connectivity index is 1.90. The van der Waals surface area contributed by atoms with Crippen LogP contribution >= 0.6 is 0 Å². The Labute approximate surface area is 144 Å². The molecule has 0 saturated carbocycles. The van der Waals surface area contributed by atoms with Crippen LogP contribution in [0.4, 0.5) is 5.82 Å². The van der Waals surface area contributed by atoms with E-state index in [2.05, 4.69) is 19.9 Å². The molecule has 0 saturated heterocycles. The molecule has 3 heterocycles. The zero-order chi connectivity index (χ0) is 18.0. The molecule has 0 fully saturated rings. The van der Waals surface area contributed by atoms with Crippen molar-refractivity contribution in [2.24, 2.45) is 0 Å². The molecule has 3 rings (SSSR count). The van der Waals surface area contributed by atoms with Gasteiger partial charge in [-0.1, -0.05) is 0 Å². The fourth-order valence-electron chi connectivity index (χ4n) is 2.45. The molecule has 2 N–H and O–H groups in total. The minimum atomic E-state index is -0.340. The number of anilines is 1. The standard InChI is InChI=1S/C18H17N5O2/c1-10-8-11(2)21-13(9-10)4-5-14(24)16-17(19)23-15(12(3)22-16)18-20-6-7-25-18/h4-9H,1-3H3,(H2,19,23). The SMILES string of the molecule is Cc1cc(C)nc(C=CC(=O)c2nc(C)c(-c3ncco3)nc2N)c1. The highest BCUT2D eigenvalue weighted by atomic mass is 16.3. The normalized spacial score (nSPS) is 11.2. The van der Waals surface area contributed by atoms with Gasteiger partial charge in [-0.2, -0.15) is 0 Å². The molecule has 0 spiro atoms. The van der Waals surface area contributed by atoms with Crippen LogP contribution in [0, 0.1) is 20.8 Å². The monoisotopic (exact) mass is 335 g/mol. The lowest BCUT2D eigenvalue weighted by Gasteiger charge is -2.05.